The fourth-order valence-corrected chi connectivity index (χ4v) is 1.74. The predicted octanol–water partition coefficient (Wildman–Crippen LogP) is 3.42. The van der Waals surface area contributed by atoms with Crippen LogP contribution in [-0.4, -0.2) is 0 Å². The van der Waals surface area contributed by atoms with Crippen molar-refractivity contribution in [3.8, 4) is 11.8 Å². The molecule has 0 radical (unpaired) electrons. The highest BCUT2D eigenvalue weighted by atomic mass is 19.1. The molecular weight excluding hydrogens is 243 g/mol. The zero-order chi connectivity index (χ0) is 13.8. The number of benzene rings is 2. The standard InChI is InChI=1S/C15H13FN2O/c1-10(11-3-2-4-13(18)7-11)19-14-6-5-12(9-17)15(16)8-14/h2-8,10H,18H2,1H3. The summed E-state index contributed by atoms with van der Waals surface area (Å²) in [5.74, 6) is -0.203. The first-order valence-electron chi connectivity index (χ1n) is 5.82. The molecule has 0 fully saturated rings. The molecule has 2 N–H and O–H groups in total. The monoisotopic (exact) mass is 256 g/mol. The number of rotatable bonds is 3. The Kier molecular flexibility index (Phi) is 3.67. The Morgan fingerprint density at radius 3 is 2.68 bits per heavy atom. The van der Waals surface area contributed by atoms with Gasteiger partial charge in [-0.3, -0.25) is 0 Å². The second-order valence-corrected chi connectivity index (χ2v) is 4.18. The van der Waals surface area contributed by atoms with Crippen LogP contribution in [0.1, 0.15) is 24.2 Å². The molecule has 2 aromatic carbocycles. The Morgan fingerprint density at radius 1 is 1.26 bits per heavy atom. The van der Waals surface area contributed by atoms with Crippen molar-refractivity contribution in [2.45, 2.75) is 13.0 Å². The SMILES string of the molecule is CC(Oc1ccc(C#N)c(F)c1)c1cccc(N)c1. The minimum Gasteiger partial charge on any atom is -0.486 e. The first kappa shape index (κ1) is 12.9. The molecule has 4 heteroatoms. The van der Waals surface area contributed by atoms with E-state index in [-0.39, 0.29) is 11.7 Å². The molecule has 19 heavy (non-hydrogen) atoms. The molecule has 0 bridgehead atoms. The maximum absolute atomic E-state index is 13.4. The third kappa shape index (κ3) is 3.02. The Balaban J connectivity index is 2.17. The lowest BCUT2D eigenvalue weighted by Crippen LogP contribution is -2.04. The van der Waals surface area contributed by atoms with Gasteiger partial charge in [0.15, 0.2) is 0 Å². The second kappa shape index (κ2) is 5.40. The van der Waals surface area contributed by atoms with Crippen molar-refractivity contribution in [3.05, 3.63) is 59.4 Å². The number of anilines is 1. The fourth-order valence-electron chi connectivity index (χ4n) is 1.74. The molecule has 0 aliphatic heterocycles. The summed E-state index contributed by atoms with van der Waals surface area (Å²) in [5.41, 5.74) is 7.26. The topological polar surface area (TPSA) is 59.0 Å². The van der Waals surface area contributed by atoms with Gasteiger partial charge in [0.05, 0.1) is 5.56 Å². The van der Waals surface area contributed by atoms with Crippen LogP contribution in [0.2, 0.25) is 0 Å². The molecule has 0 saturated heterocycles. The molecular formula is C15H13FN2O. The third-order valence-electron chi connectivity index (χ3n) is 2.75. The van der Waals surface area contributed by atoms with Gasteiger partial charge in [-0.05, 0) is 36.8 Å². The number of ether oxygens (including phenoxy) is 1. The number of nitrogen functional groups attached to an aromatic ring is 1. The second-order valence-electron chi connectivity index (χ2n) is 4.18. The predicted molar refractivity (Wildman–Crippen MR) is 71.0 cm³/mol. The smallest absolute Gasteiger partial charge is 0.144 e. The van der Waals surface area contributed by atoms with Crippen LogP contribution in [0.3, 0.4) is 0 Å². The molecule has 0 aliphatic rings. The average molecular weight is 256 g/mol. The lowest BCUT2D eigenvalue weighted by Gasteiger charge is -2.15. The van der Waals surface area contributed by atoms with Crippen LogP contribution in [0.5, 0.6) is 5.75 Å². The maximum atomic E-state index is 13.4. The zero-order valence-electron chi connectivity index (χ0n) is 10.4. The van der Waals surface area contributed by atoms with Crippen molar-refractivity contribution < 1.29 is 9.13 Å². The highest BCUT2D eigenvalue weighted by Gasteiger charge is 2.09. The van der Waals surface area contributed by atoms with Crippen molar-refractivity contribution in [1.29, 1.82) is 5.26 Å². The molecule has 2 aromatic rings. The molecule has 0 spiro atoms. The summed E-state index contributed by atoms with van der Waals surface area (Å²) in [6, 6.07) is 13.3. The van der Waals surface area contributed by atoms with Crippen molar-refractivity contribution in [1.82, 2.24) is 0 Å². The summed E-state index contributed by atoms with van der Waals surface area (Å²) in [6.45, 7) is 1.85. The van der Waals surface area contributed by atoms with Crippen LogP contribution in [0.15, 0.2) is 42.5 Å². The van der Waals surface area contributed by atoms with Crippen molar-refractivity contribution in [2.24, 2.45) is 0 Å². The van der Waals surface area contributed by atoms with Crippen LogP contribution < -0.4 is 10.5 Å². The van der Waals surface area contributed by atoms with Gasteiger partial charge in [-0.15, -0.1) is 0 Å². The van der Waals surface area contributed by atoms with Gasteiger partial charge in [0.25, 0.3) is 0 Å². The van der Waals surface area contributed by atoms with Gasteiger partial charge >= 0.3 is 0 Å². The van der Waals surface area contributed by atoms with Gasteiger partial charge in [0.1, 0.15) is 23.7 Å². The molecule has 0 saturated carbocycles. The van der Waals surface area contributed by atoms with Gasteiger partial charge in [0, 0.05) is 11.8 Å². The fraction of sp³-hybridized carbons (Fsp3) is 0.133. The summed E-state index contributed by atoms with van der Waals surface area (Å²) in [6.07, 6.45) is -0.254. The summed E-state index contributed by atoms with van der Waals surface area (Å²) >= 11 is 0. The lowest BCUT2D eigenvalue weighted by molar-refractivity contribution is 0.226. The molecule has 2 rings (SSSR count). The van der Waals surface area contributed by atoms with Crippen LogP contribution in [0, 0.1) is 17.1 Å². The number of halogens is 1. The van der Waals surface area contributed by atoms with E-state index in [0.717, 1.165) is 5.56 Å². The number of nitrogens with two attached hydrogens (primary N) is 1. The molecule has 1 unspecified atom stereocenters. The maximum Gasteiger partial charge on any atom is 0.144 e. The van der Waals surface area contributed by atoms with Gasteiger partial charge in [-0.25, -0.2) is 4.39 Å². The van der Waals surface area contributed by atoms with Gasteiger partial charge < -0.3 is 10.5 Å². The van der Waals surface area contributed by atoms with E-state index >= 15 is 0 Å². The number of hydrogen-bond acceptors (Lipinski definition) is 3. The van der Waals surface area contributed by atoms with Gasteiger partial charge in [0.2, 0.25) is 0 Å². The van der Waals surface area contributed by atoms with E-state index in [1.165, 1.54) is 12.1 Å². The molecule has 0 aliphatic carbocycles. The highest BCUT2D eigenvalue weighted by Crippen LogP contribution is 2.24. The Morgan fingerprint density at radius 2 is 2.05 bits per heavy atom. The normalized spacial score (nSPS) is 11.6. The van der Waals surface area contributed by atoms with Crippen molar-refractivity contribution in [3.63, 3.8) is 0 Å². The summed E-state index contributed by atoms with van der Waals surface area (Å²) in [5, 5.41) is 8.66. The Labute approximate surface area is 111 Å². The van der Waals surface area contributed by atoms with Gasteiger partial charge in [-0.2, -0.15) is 5.26 Å². The quantitative estimate of drug-likeness (QED) is 0.856. The van der Waals surface area contributed by atoms with E-state index < -0.39 is 5.82 Å². The molecule has 3 nitrogen and oxygen atoms in total. The Hall–Kier alpha value is -2.54. The van der Waals surface area contributed by atoms with Crippen LogP contribution in [0.25, 0.3) is 0 Å². The van der Waals surface area contributed by atoms with E-state index in [4.69, 9.17) is 15.7 Å². The number of nitrogens with zero attached hydrogens (tertiary/aromatic N) is 1. The van der Waals surface area contributed by atoms with E-state index in [2.05, 4.69) is 0 Å². The zero-order valence-corrected chi connectivity index (χ0v) is 10.4. The van der Waals surface area contributed by atoms with Crippen molar-refractivity contribution in [2.75, 3.05) is 5.73 Å². The number of hydrogen-bond donors (Lipinski definition) is 1. The van der Waals surface area contributed by atoms with Gasteiger partial charge in [-0.1, -0.05) is 12.1 Å². The summed E-state index contributed by atoms with van der Waals surface area (Å²) in [4.78, 5) is 0. The molecule has 0 heterocycles. The Bertz CT molecular complexity index is 634. The highest BCUT2D eigenvalue weighted by molar-refractivity contribution is 5.42. The molecule has 0 aromatic heterocycles. The van der Waals surface area contributed by atoms with Crippen LogP contribution in [-0.2, 0) is 0 Å². The number of nitriles is 1. The van der Waals surface area contributed by atoms with Crippen molar-refractivity contribution >= 4 is 5.69 Å². The van der Waals surface area contributed by atoms with E-state index in [0.29, 0.717) is 11.4 Å². The third-order valence-corrected chi connectivity index (χ3v) is 2.75. The van der Waals surface area contributed by atoms with E-state index in [9.17, 15) is 4.39 Å². The largest absolute Gasteiger partial charge is 0.486 e. The summed E-state index contributed by atoms with van der Waals surface area (Å²) < 4.78 is 19.1. The van der Waals surface area contributed by atoms with Crippen LogP contribution >= 0.6 is 0 Å². The first-order valence-corrected chi connectivity index (χ1v) is 5.82. The minimum absolute atomic E-state index is 0.00367. The average Bonchev–Trinajstić information content (AvgIpc) is 2.39. The lowest BCUT2D eigenvalue weighted by atomic mass is 10.1. The minimum atomic E-state index is -0.584. The van der Waals surface area contributed by atoms with Crippen LogP contribution in [0.4, 0.5) is 10.1 Å². The molecule has 96 valence electrons. The van der Waals surface area contributed by atoms with E-state index in [1.807, 2.05) is 25.1 Å². The first-order chi connectivity index (χ1) is 9.10. The molecule has 0 amide bonds. The summed E-state index contributed by atoms with van der Waals surface area (Å²) in [7, 11) is 0. The molecule has 1 atom stereocenters. The van der Waals surface area contributed by atoms with E-state index in [1.54, 1.807) is 18.2 Å².